The van der Waals surface area contributed by atoms with Crippen LogP contribution < -0.4 is 5.32 Å². The van der Waals surface area contributed by atoms with Crippen LogP contribution in [0, 0.1) is 5.82 Å². The Labute approximate surface area is 205 Å². The van der Waals surface area contributed by atoms with E-state index in [1.165, 1.54) is 12.1 Å². The lowest BCUT2D eigenvalue weighted by molar-refractivity contribution is 0.0949. The third-order valence-electron chi connectivity index (χ3n) is 6.39. The molecule has 0 fully saturated rings. The average molecular weight is 477 g/mol. The third kappa shape index (κ3) is 3.80. The second kappa shape index (κ2) is 8.78. The molecule has 0 aliphatic carbocycles. The van der Waals surface area contributed by atoms with Crippen LogP contribution in [0.25, 0.3) is 32.7 Å². The number of halogens is 1. The first-order valence-corrected chi connectivity index (χ1v) is 11.6. The largest absolute Gasteiger partial charge is 0.360 e. The van der Waals surface area contributed by atoms with E-state index in [1.807, 2.05) is 48.5 Å². The van der Waals surface area contributed by atoms with Crippen LogP contribution in [0.4, 0.5) is 4.39 Å². The molecule has 0 spiro atoms. The molecule has 0 aliphatic heterocycles. The monoisotopic (exact) mass is 476 g/mol. The van der Waals surface area contributed by atoms with Crippen LogP contribution in [0.1, 0.15) is 32.1 Å². The Kier molecular flexibility index (Phi) is 5.30. The van der Waals surface area contributed by atoms with Gasteiger partial charge in [-0.25, -0.2) is 9.37 Å². The Balaban J connectivity index is 1.39. The molecule has 3 N–H and O–H groups in total. The summed E-state index contributed by atoms with van der Waals surface area (Å²) >= 11 is 0. The van der Waals surface area contributed by atoms with E-state index in [2.05, 4.69) is 20.3 Å². The van der Waals surface area contributed by atoms with E-state index in [0.717, 1.165) is 32.8 Å². The van der Waals surface area contributed by atoms with Crippen molar-refractivity contribution in [1.29, 1.82) is 0 Å². The summed E-state index contributed by atoms with van der Waals surface area (Å²) in [6, 6.07) is 23.2. The van der Waals surface area contributed by atoms with E-state index >= 15 is 0 Å². The van der Waals surface area contributed by atoms with Crippen molar-refractivity contribution in [2.45, 2.75) is 6.42 Å². The highest BCUT2D eigenvalue weighted by Crippen LogP contribution is 2.30. The SMILES string of the molecule is O=C(NCCc1ccc(F)cc1)c1cc2c([nH]c3ccccc32)c(C(=O)c2c[nH]c3ccccc23)n1. The van der Waals surface area contributed by atoms with Crippen molar-refractivity contribution in [2.75, 3.05) is 6.54 Å². The fourth-order valence-electron chi connectivity index (χ4n) is 4.58. The van der Waals surface area contributed by atoms with Crippen molar-refractivity contribution >= 4 is 44.4 Å². The minimum atomic E-state index is -0.378. The summed E-state index contributed by atoms with van der Waals surface area (Å²) in [5.41, 5.74) is 4.06. The van der Waals surface area contributed by atoms with E-state index in [0.29, 0.717) is 24.0 Å². The van der Waals surface area contributed by atoms with Crippen molar-refractivity contribution in [3.05, 3.63) is 113 Å². The molecule has 176 valence electrons. The fourth-order valence-corrected chi connectivity index (χ4v) is 4.58. The van der Waals surface area contributed by atoms with Gasteiger partial charge in [0, 0.05) is 45.5 Å². The summed E-state index contributed by atoms with van der Waals surface area (Å²) in [5.74, 6) is -0.950. The zero-order valence-corrected chi connectivity index (χ0v) is 19.1. The van der Waals surface area contributed by atoms with Crippen LogP contribution in [-0.4, -0.2) is 33.2 Å². The Morgan fingerprint density at radius 3 is 2.39 bits per heavy atom. The van der Waals surface area contributed by atoms with Gasteiger partial charge in [-0.15, -0.1) is 0 Å². The van der Waals surface area contributed by atoms with Crippen molar-refractivity contribution in [3.8, 4) is 0 Å². The number of rotatable bonds is 6. The minimum absolute atomic E-state index is 0.162. The first-order chi connectivity index (χ1) is 17.6. The number of fused-ring (bicyclic) bond motifs is 4. The van der Waals surface area contributed by atoms with Crippen molar-refractivity contribution in [3.63, 3.8) is 0 Å². The standard InChI is InChI=1S/C29H21FN4O2/c30-18-11-9-17(10-12-18)13-14-31-29(36)25-15-21-19-5-2-4-8-24(19)33-26(21)27(34-25)28(35)22-16-32-23-7-3-1-6-20(22)23/h1-12,15-16,32-33H,13-14H2,(H,31,36). The van der Waals surface area contributed by atoms with Crippen LogP contribution in [0.2, 0.25) is 0 Å². The fraction of sp³-hybridized carbons (Fsp3) is 0.0690. The van der Waals surface area contributed by atoms with Crippen molar-refractivity contribution < 1.29 is 14.0 Å². The number of hydrogen-bond acceptors (Lipinski definition) is 3. The number of benzene rings is 3. The van der Waals surface area contributed by atoms with Gasteiger partial charge in [0.1, 0.15) is 17.2 Å². The van der Waals surface area contributed by atoms with E-state index in [9.17, 15) is 14.0 Å². The summed E-state index contributed by atoms with van der Waals surface area (Å²) < 4.78 is 13.2. The van der Waals surface area contributed by atoms with Crippen molar-refractivity contribution in [2.24, 2.45) is 0 Å². The van der Waals surface area contributed by atoms with Gasteiger partial charge in [0.2, 0.25) is 5.78 Å². The van der Waals surface area contributed by atoms with Gasteiger partial charge in [-0.05, 0) is 42.3 Å². The molecule has 0 atom stereocenters. The number of pyridine rings is 1. The van der Waals surface area contributed by atoms with Crippen molar-refractivity contribution in [1.82, 2.24) is 20.3 Å². The number of ketones is 1. The van der Waals surface area contributed by atoms with E-state index < -0.39 is 0 Å². The second-order valence-corrected chi connectivity index (χ2v) is 8.66. The minimum Gasteiger partial charge on any atom is -0.360 e. The van der Waals surface area contributed by atoms with E-state index in [4.69, 9.17) is 0 Å². The molecule has 0 radical (unpaired) electrons. The van der Waals surface area contributed by atoms with Crippen LogP contribution in [0.3, 0.4) is 0 Å². The first kappa shape index (κ1) is 21.7. The molecule has 0 saturated carbocycles. The van der Waals surface area contributed by atoms with Gasteiger partial charge in [0.05, 0.1) is 5.52 Å². The number of H-pyrrole nitrogens is 2. The number of para-hydroxylation sites is 2. The molecule has 0 bridgehead atoms. The predicted octanol–water partition coefficient (Wildman–Crippen LogP) is 5.54. The maximum Gasteiger partial charge on any atom is 0.269 e. The average Bonchev–Trinajstić information content (AvgIpc) is 3.50. The summed E-state index contributed by atoms with van der Waals surface area (Å²) in [4.78, 5) is 37.8. The highest BCUT2D eigenvalue weighted by molar-refractivity contribution is 6.23. The zero-order chi connectivity index (χ0) is 24.6. The molecule has 6 nitrogen and oxygen atoms in total. The van der Waals surface area contributed by atoms with Crippen LogP contribution in [0.5, 0.6) is 0 Å². The maximum atomic E-state index is 13.7. The number of nitrogens with one attached hydrogen (secondary N) is 3. The zero-order valence-electron chi connectivity index (χ0n) is 19.1. The number of aromatic nitrogens is 3. The van der Waals surface area contributed by atoms with Crippen LogP contribution in [-0.2, 0) is 6.42 Å². The molecule has 1 amide bonds. The molecular weight excluding hydrogens is 455 g/mol. The number of hydrogen-bond donors (Lipinski definition) is 3. The first-order valence-electron chi connectivity index (χ1n) is 11.6. The molecule has 7 heteroatoms. The molecular formula is C29H21FN4O2. The Hall–Kier alpha value is -4.78. The molecule has 3 aromatic carbocycles. The number of aromatic amines is 2. The van der Waals surface area contributed by atoms with E-state index in [-0.39, 0.29) is 28.9 Å². The summed E-state index contributed by atoms with van der Waals surface area (Å²) in [6.07, 6.45) is 2.22. The lowest BCUT2D eigenvalue weighted by Crippen LogP contribution is -2.27. The van der Waals surface area contributed by atoms with Gasteiger partial charge in [0.15, 0.2) is 0 Å². The normalized spacial score (nSPS) is 11.4. The van der Waals surface area contributed by atoms with Crippen LogP contribution in [0.15, 0.2) is 85.1 Å². The molecule has 36 heavy (non-hydrogen) atoms. The lowest BCUT2D eigenvalue weighted by Gasteiger charge is -2.08. The second-order valence-electron chi connectivity index (χ2n) is 8.66. The third-order valence-corrected chi connectivity index (χ3v) is 6.39. The maximum absolute atomic E-state index is 13.7. The highest BCUT2D eigenvalue weighted by Gasteiger charge is 2.23. The molecule has 6 aromatic rings. The van der Waals surface area contributed by atoms with Gasteiger partial charge >= 0.3 is 0 Å². The smallest absolute Gasteiger partial charge is 0.269 e. The Morgan fingerprint density at radius 1 is 0.861 bits per heavy atom. The quantitative estimate of drug-likeness (QED) is 0.276. The van der Waals surface area contributed by atoms with Gasteiger partial charge in [-0.2, -0.15) is 0 Å². The summed E-state index contributed by atoms with van der Waals surface area (Å²) in [7, 11) is 0. The molecule has 6 rings (SSSR count). The van der Waals surface area contributed by atoms with Gasteiger partial charge in [-0.1, -0.05) is 48.5 Å². The summed E-state index contributed by atoms with van der Waals surface area (Å²) in [5, 5.41) is 5.33. The molecule has 3 heterocycles. The topological polar surface area (TPSA) is 90.6 Å². The highest BCUT2D eigenvalue weighted by atomic mass is 19.1. The summed E-state index contributed by atoms with van der Waals surface area (Å²) in [6.45, 7) is 0.351. The van der Waals surface area contributed by atoms with Gasteiger partial charge < -0.3 is 15.3 Å². The molecule has 0 saturated heterocycles. The van der Waals surface area contributed by atoms with E-state index in [1.54, 1.807) is 24.4 Å². The number of carbonyl (C=O) groups is 2. The number of amides is 1. The lowest BCUT2D eigenvalue weighted by atomic mass is 10.0. The molecule has 0 unspecified atom stereocenters. The number of nitrogens with zero attached hydrogens (tertiary/aromatic N) is 1. The van der Waals surface area contributed by atoms with Gasteiger partial charge in [0.25, 0.3) is 5.91 Å². The Bertz CT molecular complexity index is 1770. The number of carbonyl (C=O) groups excluding carboxylic acids is 2. The molecule has 3 aromatic heterocycles. The molecule has 0 aliphatic rings. The Morgan fingerprint density at radius 2 is 1.58 bits per heavy atom. The van der Waals surface area contributed by atoms with Gasteiger partial charge in [-0.3, -0.25) is 9.59 Å². The van der Waals surface area contributed by atoms with Crippen LogP contribution >= 0.6 is 0 Å². The predicted molar refractivity (Wildman–Crippen MR) is 138 cm³/mol.